The highest BCUT2D eigenvalue weighted by atomic mass is 16.5. The van der Waals surface area contributed by atoms with E-state index in [1.165, 1.54) is 25.6 Å². The van der Waals surface area contributed by atoms with Crippen molar-refractivity contribution >= 4 is 11.6 Å². The van der Waals surface area contributed by atoms with Crippen molar-refractivity contribution in [2.45, 2.75) is 26.3 Å². The summed E-state index contributed by atoms with van der Waals surface area (Å²) in [4.78, 5) is 13.8. The van der Waals surface area contributed by atoms with Gasteiger partial charge in [0.25, 0.3) is 0 Å². The minimum atomic E-state index is -0.0820. The van der Waals surface area contributed by atoms with Crippen LogP contribution in [-0.2, 0) is 16.1 Å². The lowest BCUT2D eigenvalue weighted by Crippen LogP contribution is -2.34. The molecule has 1 fully saturated rings. The molecule has 0 unspecified atom stereocenters. The normalized spacial score (nSPS) is 18.9. The van der Waals surface area contributed by atoms with Gasteiger partial charge >= 0.3 is 0 Å². The molecule has 0 bridgehead atoms. The van der Waals surface area contributed by atoms with Crippen LogP contribution in [0.15, 0.2) is 24.3 Å². The van der Waals surface area contributed by atoms with Crippen LogP contribution in [0.3, 0.4) is 0 Å². The second-order valence-electron chi connectivity index (χ2n) is 5.57. The minimum Gasteiger partial charge on any atom is -0.375 e. The highest BCUT2D eigenvalue weighted by Gasteiger charge is 2.16. The summed E-state index contributed by atoms with van der Waals surface area (Å²) in [6.07, 6.45) is 2.61. The number of methoxy groups -OCH3 is 1. The van der Waals surface area contributed by atoms with E-state index < -0.39 is 0 Å². The Kier molecular flexibility index (Phi) is 5.41. The van der Waals surface area contributed by atoms with Crippen LogP contribution >= 0.6 is 0 Å². The first-order valence-corrected chi connectivity index (χ1v) is 7.28. The van der Waals surface area contributed by atoms with E-state index in [2.05, 4.69) is 41.4 Å². The smallest absolute Gasteiger partial charge is 0.246 e. The zero-order valence-corrected chi connectivity index (χ0v) is 12.4. The van der Waals surface area contributed by atoms with E-state index in [4.69, 9.17) is 4.74 Å². The summed E-state index contributed by atoms with van der Waals surface area (Å²) in [5, 5.41) is 2.83. The Hall–Kier alpha value is -1.55. The number of hydrogen-bond donors (Lipinski definition) is 1. The number of piperidine rings is 1. The van der Waals surface area contributed by atoms with E-state index >= 15 is 0 Å². The van der Waals surface area contributed by atoms with Gasteiger partial charge in [0.15, 0.2) is 0 Å². The minimum absolute atomic E-state index is 0.0820. The van der Waals surface area contributed by atoms with E-state index in [1.54, 1.807) is 0 Å². The maximum Gasteiger partial charge on any atom is 0.246 e. The fourth-order valence-corrected chi connectivity index (χ4v) is 2.63. The highest BCUT2D eigenvalue weighted by Crippen LogP contribution is 2.23. The molecule has 0 spiro atoms. The number of nitrogens with one attached hydrogen (secondary N) is 1. The van der Waals surface area contributed by atoms with Gasteiger partial charge in [-0.25, -0.2) is 0 Å². The lowest BCUT2D eigenvalue weighted by atomic mass is 9.99. The molecule has 0 radical (unpaired) electrons. The molecule has 1 saturated heterocycles. The van der Waals surface area contributed by atoms with Gasteiger partial charge in [0.1, 0.15) is 6.61 Å². The second kappa shape index (κ2) is 7.29. The van der Waals surface area contributed by atoms with E-state index in [0.29, 0.717) is 6.54 Å². The van der Waals surface area contributed by atoms with Crippen LogP contribution in [0.2, 0.25) is 0 Å². The molecule has 0 aliphatic carbocycles. The summed E-state index contributed by atoms with van der Waals surface area (Å²) < 4.78 is 4.78. The van der Waals surface area contributed by atoms with Gasteiger partial charge in [0, 0.05) is 32.4 Å². The van der Waals surface area contributed by atoms with Crippen LogP contribution in [0, 0.1) is 5.92 Å². The summed E-state index contributed by atoms with van der Waals surface area (Å²) in [5.41, 5.74) is 2.40. The van der Waals surface area contributed by atoms with Gasteiger partial charge in [-0.15, -0.1) is 0 Å². The summed E-state index contributed by atoms with van der Waals surface area (Å²) in [7, 11) is 1.52. The molecule has 1 amide bonds. The molecule has 1 atom stereocenters. The van der Waals surface area contributed by atoms with E-state index in [1.807, 2.05) is 0 Å². The van der Waals surface area contributed by atoms with Crippen molar-refractivity contribution in [3.05, 3.63) is 29.8 Å². The maximum atomic E-state index is 11.3. The van der Waals surface area contributed by atoms with Crippen LogP contribution in [-0.4, -0.2) is 32.7 Å². The summed E-state index contributed by atoms with van der Waals surface area (Å²) in [6, 6.07) is 8.47. The fraction of sp³-hybridized carbons (Fsp3) is 0.562. The summed E-state index contributed by atoms with van der Waals surface area (Å²) in [6.45, 7) is 5.27. The number of rotatable bonds is 5. The van der Waals surface area contributed by atoms with Crippen molar-refractivity contribution < 1.29 is 9.53 Å². The number of carbonyl (C=O) groups is 1. The van der Waals surface area contributed by atoms with Crippen molar-refractivity contribution in [2.75, 3.05) is 31.7 Å². The maximum absolute atomic E-state index is 11.3. The fourth-order valence-electron chi connectivity index (χ4n) is 2.63. The topological polar surface area (TPSA) is 41.6 Å². The molecule has 110 valence electrons. The Morgan fingerprint density at radius 2 is 2.15 bits per heavy atom. The van der Waals surface area contributed by atoms with Crippen LogP contribution in [0.25, 0.3) is 0 Å². The van der Waals surface area contributed by atoms with Gasteiger partial charge in [0.05, 0.1) is 0 Å². The zero-order valence-electron chi connectivity index (χ0n) is 12.4. The van der Waals surface area contributed by atoms with Gasteiger partial charge in [-0.2, -0.15) is 0 Å². The molecule has 2 rings (SSSR count). The summed E-state index contributed by atoms with van der Waals surface area (Å²) in [5.74, 6) is 0.693. The highest BCUT2D eigenvalue weighted by molar-refractivity contribution is 5.77. The molecular formula is C16H24N2O2. The van der Waals surface area contributed by atoms with Crippen molar-refractivity contribution in [3.63, 3.8) is 0 Å². The zero-order chi connectivity index (χ0) is 14.4. The van der Waals surface area contributed by atoms with Gasteiger partial charge in [0.2, 0.25) is 5.91 Å². The average Bonchev–Trinajstić information content (AvgIpc) is 2.46. The number of ether oxygens (including phenoxy) is 1. The van der Waals surface area contributed by atoms with Crippen LogP contribution in [0.4, 0.5) is 5.69 Å². The monoisotopic (exact) mass is 276 g/mol. The predicted octanol–water partition coefficient (Wildman–Crippen LogP) is 2.19. The first kappa shape index (κ1) is 14.9. The number of anilines is 1. The molecule has 1 aliphatic rings. The largest absolute Gasteiger partial charge is 0.375 e. The van der Waals surface area contributed by atoms with Gasteiger partial charge in [-0.05, 0) is 36.5 Å². The Morgan fingerprint density at radius 3 is 2.80 bits per heavy atom. The molecule has 1 aliphatic heterocycles. The third-order valence-electron chi connectivity index (χ3n) is 3.72. The molecule has 1 N–H and O–H groups in total. The molecular weight excluding hydrogens is 252 g/mol. The Balaban J connectivity index is 1.87. The first-order valence-electron chi connectivity index (χ1n) is 7.28. The Bertz CT molecular complexity index is 431. The molecule has 0 saturated carbocycles. The third-order valence-corrected chi connectivity index (χ3v) is 3.72. The van der Waals surface area contributed by atoms with Crippen molar-refractivity contribution in [1.82, 2.24) is 5.32 Å². The molecule has 0 aromatic heterocycles. The van der Waals surface area contributed by atoms with Crippen LogP contribution in [0.1, 0.15) is 25.3 Å². The first-order chi connectivity index (χ1) is 9.69. The number of carbonyl (C=O) groups excluding carboxylic acids is 1. The van der Waals surface area contributed by atoms with Crippen molar-refractivity contribution in [1.29, 1.82) is 0 Å². The standard InChI is InChI=1S/C16H24N2O2/c1-13-4-3-9-18(11-13)15-7-5-14(6-8-15)10-17-16(19)12-20-2/h5-8,13H,3-4,9-12H2,1-2H3,(H,17,19)/t13-/m1/s1. The lowest BCUT2D eigenvalue weighted by Gasteiger charge is -2.32. The van der Waals surface area contributed by atoms with Crippen molar-refractivity contribution in [2.24, 2.45) is 5.92 Å². The number of nitrogens with zero attached hydrogens (tertiary/aromatic N) is 1. The van der Waals surface area contributed by atoms with Crippen molar-refractivity contribution in [3.8, 4) is 0 Å². The second-order valence-corrected chi connectivity index (χ2v) is 5.57. The molecule has 20 heavy (non-hydrogen) atoms. The van der Waals surface area contributed by atoms with E-state index in [9.17, 15) is 4.79 Å². The Labute approximate surface area is 121 Å². The van der Waals surface area contributed by atoms with Crippen LogP contribution < -0.4 is 10.2 Å². The van der Waals surface area contributed by atoms with E-state index in [-0.39, 0.29) is 12.5 Å². The van der Waals surface area contributed by atoms with Gasteiger partial charge in [-0.1, -0.05) is 19.1 Å². The van der Waals surface area contributed by atoms with Crippen LogP contribution in [0.5, 0.6) is 0 Å². The number of amides is 1. The molecule has 1 aromatic carbocycles. The molecule has 1 heterocycles. The molecule has 1 aromatic rings. The SMILES string of the molecule is COCC(=O)NCc1ccc(N2CCC[C@@H](C)C2)cc1. The predicted molar refractivity (Wildman–Crippen MR) is 80.8 cm³/mol. The molecule has 4 nitrogen and oxygen atoms in total. The third kappa shape index (κ3) is 4.23. The van der Waals surface area contributed by atoms with Gasteiger partial charge in [-0.3, -0.25) is 4.79 Å². The average molecular weight is 276 g/mol. The number of benzene rings is 1. The van der Waals surface area contributed by atoms with E-state index in [0.717, 1.165) is 24.6 Å². The lowest BCUT2D eigenvalue weighted by molar-refractivity contribution is -0.124. The Morgan fingerprint density at radius 1 is 1.40 bits per heavy atom. The molecule has 4 heteroatoms. The number of hydrogen-bond acceptors (Lipinski definition) is 3. The quantitative estimate of drug-likeness (QED) is 0.896. The van der Waals surface area contributed by atoms with Gasteiger partial charge < -0.3 is 15.0 Å². The summed E-state index contributed by atoms with van der Waals surface area (Å²) >= 11 is 0.